The Kier molecular flexibility index (Phi) is 4.76. The molecule has 102 valence electrons. The van der Waals surface area contributed by atoms with Crippen LogP contribution in [0.1, 0.15) is 0 Å². The normalized spacial score (nSPS) is 9.37. The summed E-state index contributed by atoms with van der Waals surface area (Å²) in [5.74, 6) is -2.11. The Morgan fingerprint density at radius 3 is 2.16 bits per heavy atom. The predicted molar refractivity (Wildman–Crippen MR) is 66.5 cm³/mol. The highest BCUT2D eigenvalue weighted by Gasteiger charge is 2.15. The Bertz CT molecular complexity index is 507. The van der Waals surface area contributed by atoms with E-state index in [9.17, 15) is 9.59 Å². The SMILES string of the molecule is COc1ccc(NC=C(C(=O)O)C(=O)O)cc1OC. The average molecular weight is 267 g/mol. The molecule has 1 rings (SSSR count). The van der Waals surface area contributed by atoms with E-state index < -0.39 is 17.5 Å². The molecular weight excluding hydrogens is 254 g/mol. The molecule has 0 saturated heterocycles. The highest BCUT2D eigenvalue weighted by molar-refractivity contribution is 6.12. The molecule has 0 amide bonds. The van der Waals surface area contributed by atoms with Crippen LogP contribution in [-0.2, 0) is 9.59 Å². The summed E-state index contributed by atoms with van der Waals surface area (Å²) >= 11 is 0. The van der Waals surface area contributed by atoms with Crippen molar-refractivity contribution in [3.05, 3.63) is 30.0 Å². The molecule has 1 aromatic carbocycles. The third kappa shape index (κ3) is 3.63. The van der Waals surface area contributed by atoms with Gasteiger partial charge in [0.2, 0.25) is 0 Å². The van der Waals surface area contributed by atoms with Gasteiger partial charge in [0.25, 0.3) is 0 Å². The quantitative estimate of drug-likeness (QED) is 0.403. The molecule has 0 radical (unpaired) electrons. The fourth-order valence-corrected chi connectivity index (χ4v) is 1.30. The van der Waals surface area contributed by atoms with Crippen molar-refractivity contribution in [3.63, 3.8) is 0 Å². The van der Waals surface area contributed by atoms with E-state index in [0.29, 0.717) is 17.2 Å². The molecule has 0 aliphatic rings. The molecular formula is C12H13NO6. The molecule has 0 aliphatic heterocycles. The number of ether oxygens (including phenoxy) is 2. The smallest absolute Gasteiger partial charge is 0.344 e. The van der Waals surface area contributed by atoms with E-state index in [1.54, 1.807) is 18.2 Å². The summed E-state index contributed by atoms with van der Waals surface area (Å²) in [6.07, 6.45) is 0.895. The molecule has 0 aromatic heterocycles. The lowest BCUT2D eigenvalue weighted by molar-refractivity contribution is -0.140. The number of hydrogen-bond acceptors (Lipinski definition) is 5. The molecule has 3 N–H and O–H groups in total. The summed E-state index contributed by atoms with van der Waals surface area (Å²) in [6.45, 7) is 0. The van der Waals surface area contributed by atoms with Crippen molar-refractivity contribution >= 4 is 17.6 Å². The number of anilines is 1. The Morgan fingerprint density at radius 2 is 1.68 bits per heavy atom. The van der Waals surface area contributed by atoms with Gasteiger partial charge in [-0.3, -0.25) is 0 Å². The van der Waals surface area contributed by atoms with Gasteiger partial charge >= 0.3 is 11.9 Å². The summed E-state index contributed by atoms with van der Waals surface area (Å²) in [4.78, 5) is 21.3. The van der Waals surface area contributed by atoms with Crippen molar-refractivity contribution in [2.45, 2.75) is 0 Å². The van der Waals surface area contributed by atoms with E-state index in [2.05, 4.69) is 5.32 Å². The number of nitrogens with one attached hydrogen (secondary N) is 1. The van der Waals surface area contributed by atoms with E-state index in [0.717, 1.165) is 6.20 Å². The minimum atomic E-state index is -1.53. The number of hydrogen-bond donors (Lipinski definition) is 3. The van der Waals surface area contributed by atoms with Crippen molar-refractivity contribution in [1.29, 1.82) is 0 Å². The van der Waals surface area contributed by atoms with Gasteiger partial charge in [0.15, 0.2) is 17.1 Å². The molecule has 0 spiro atoms. The Labute approximate surface area is 109 Å². The summed E-state index contributed by atoms with van der Waals surface area (Å²) in [5.41, 5.74) is -0.299. The summed E-state index contributed by atoms with van der Waals surface area (Å²) in [5, 5.41) is 19.9. The van der Waals surface area contributed by atoms with Gasteiger partial charge in [-0.25, -0.2) is 9.59 Å². The molecule has 0 aliphatic carbocycles. The number of carbonyl (C=O) groups is 2. The van der Waals surface area contributed by atoms with Crippen molar-refractivity contribution in [2.75, 3.05) is 19.5 Å². The average Bonchev–Trinajstić information content (AvgIpc) is 2.37. The minimum absolute atomic E-state index is 0.438. The van der Waals surface area contributed by atoms with Crippen LogP contribution in [0.3, 0.4) is 0 Å². The Hall–Kier alpha value is -2.70. The highest BCUT2D eigenvalue weighted by Crippen LogP contribution is 2.29. The molecule has 19 heavy (non-hydrogen) atoms. The van der Waals surface area contributed by atoms with Gasteiger partial charge in [-0.05, 0) is 12.1 Å². The van der Waals surface area contributed by atoms with Gasteiger partial charge in [-0.1, -0.05) is 0 Å². The molecule has 0 atom stereocenters. The van der Waals surface area contributed by atoms with Crippen LogP contribution < -0.4 is 14.8 Å². The first-order valence-corrected chi connectivity index (χ1v) is 5.15. The zero-order valence-corrected chi connectivity index (χ0v) is 10.3. The molecule has 0 heterocycles. The molecule has 7 heteroatoms. The Balaban J connectivity index is 2.97. The lowest BCUT2D eigenvalue weighted by Crippen LogP contribution is -2.12. The molecule has 0 unspecified atom stereocenters. The van der Waals surface area contributed by atoms with Crippen LogP contribution in [-0.4, -0.2) is 36.4 Å². The van der Waals surface area contributed by atoms with Crippen LogP contribution in [0.15, 0.2) is 30.0 Å². The van der Waals surface area contributed by atoms with Crippen LogP contribution in [0, 0.1) is 0 Å². The van der Waals surface area contributed by atoms with Crippen LogP contribution in [0.4, 0.5) is 5.69 Å². The summed E-state index contributed by atoms with van der Waals surface area (Å²) < 4.78 is 10.1. The van der Waals surface area contributed by atoms with Crippen LogP contribution in [0.2, 0.25) is 0 Å². The van der Waals surface area contributed by atoms with E-state index in [4.69, 9.17) is 19.7 Å². The number of methoxy groups -OCH3 is 2. The molecule has 1 aromatic rings. The molecule has 7 nitrogen and oxygen atoms in total. The van der Waals surface area contributed by atoms with Crippen LogP contribution in [0.5, 0.6) is 11.5 Å². The topological polar surface area (TPSA) is 105 Å². The maximum Gasteiger partial charge on any atom is 0.344 e. The van der Waals surface area contributed by atoms with Crippen LogP contribution in [0.25, 0.3) is 0 Å². The lowest BCUT2D eigenvalue weighted by Gasteiger charge is -2.09. The first-order valence-electron chi connectivity index (χ1n) is 5.15. The minimum Gasteiger partial charge on any atom is -0.493 e. The number of rotatable bonds is 6. The maximum absolute atomic E-state index is 10.7. The van der Waals surface area contributed by atoms with Gasteiger partial charge in [-0.15, -0.1) is 0 Å². The van der Waals surface area contributed by atoms with Gasteiger partial charge in [0.05, 0.1) is 14.2 Å². The maximum atomic E-state index is 10.7. The largest absolute Gasteiger partial charge is 0.493 e. The molecule has 0 fully saturated rings. The lowest BCUT2D eigenvalue weighted by atomic mass is 10.2. The van der Waals surface area contributed by atoms with Crippen molar-refractivity contribution in [3.8, 4) is 11.5 Å². The Morgan fingerprint density at radius 1 is 1.11 bits per heavy atom. The second-order valence-corrected chi connectivity index (χ2v) is 3.38. The van der Waals surface area contributed by atoms with E-state index >= 15 is 0 Å². The number of carboxylic acids is 2. The first kappa shape index (κ1) is 14.4. The number of carboxylic acid groups (broad SMARTS) is 2. The zero-order valence-electron chi connectivity index (χ0n) is 10.3. The third-order valence-corrected chi connectivity index (χ3v) is 2.23. The summed E-state index contributed by atoms with van der Waals surface area (Å²) in [7, 11) is 2.94. The van der Waals surface area contributed by atoms with Crippen molar-refractivity contribution < 1.29 is 29.3 Å². The fraction of sp³-hybridized carbons (Fsp3) is 0.167. The fourth-order valence-electron chi connectivity index (χ4n) is 1.30. The monoisotopic (exact) mass is 267 g/mol. The van der Waals surface area contributed by atoms with Crippen LogP contribution >= 0.6 is 0 Å². The number of aliphatic carboxylic acids is 2. The van der Waals surface area contributed by atoms with E-state index in [1.165, 1.54) is 14.2 Å². The molecule has 0 bridgehead atoms. The second-order valence-electron chi connectivity index (χ2n) is 3.38. The van der Waals surface area contributed by atoms with Gasteiger partial charge in [0, 0.05) is 18.0 Å². The van der Waals surface area contributed by atoms with Gasteiger partial charge in [-0.2, -0.15) is 0 Å². The van der Waals surface area contributed by atoms with Crippen molar-refractivity contribution in [1.82, 2.24) is 0 Å². The highest BCUT2D eigenvalue weighted by atomic mass is 16.5. The van der Waals surface area contributed by atoms with E-state index in [-0.39, 0.29) is 0 Å². The summed E-state index contributed by atoms with van der Waals surface area (Å²) in [6, 6.07) is 4.76. The molecule has 0 saturated carbocycles. The predicted octanol–water partition coefficient (Wildman–Crippen LogP) is 1.17. The standard InChI is InChI=1S/C12H13NO6/c1-18-9-4-3-7(5-10(9)19-2)13-6-8(11(14)15)12(16)17/h3-6,13H,1-2H3,(H,14,15)(H,16,17). The first-order chi connectivity index (χ1) is 8.99. The number of benzene rings is 1. The zero-order chi connectivity index (χ0) is 14.4. The van der Waals surface area contributed by atoms with Crippen molar-refractivity contribution in [2.24, 2.45) is 0 Å². The van der Waals surface area contributed by atoms with E-state index in [1.807, 2.05) is 0 Å². The second kappa shape index (κ2) is 6.29. The third-order valence-electron chi connectivity index (χ3n) is 2.23. The van der Waals surface area contributed by atoms with Gasteiger partial charge < -0.3 is 25.0 Å². The van der Waals surface area contributed by atoms with Gasteiger partial charge in [0.1, 0.15) is 0 Å².